The largest absolute Gasteiger partial charge is 0.378 e. The van der Waals surface area contributed by atoms with E-state index in [1.165, 1.54) is 16.7 Å². The second-order valence-corrected chi connectivity index (χ2v) is 8.32. The van der Waals surface area contributed by atoms with E-state index in [0.717, 1.165) is 18.8 Å². The van der Waals surface area contributed by atoms with E-state index >= 15 is 0 Å². The molecule has 2 fully saturated rings. The second kappa shape index (κ2) is 9.08. The van der Waals surface area contributed by atoms with Gasteiger partial charge in [-0.1, -0.05) is 11.6 Å². The Bertz CT molecular complexity index is 1020. The van der Waals surface area contributed by atoms with Crippen LogP contribution in [0.3, 0.4) is 0 Å². The number of hydrogen-bond donors (Lipinski definition) is 1. The number of ether oxygens (including phenoxy) is 1. The van der Waals surface area contributed by atoms with Crippen molar-refractivity contribution in [2.75, 3.05) is 49.4 Å². The van der Waals surface area contributed by atoms with E-state index in [2.05, 4.69) is 21.3 Å². The first-order valence-corrected chi connectivity index (χ1v) is 11.1. The lowest BCUT2D eigenvalue weighted by molar-refractivity contribution is -0.129. The zero-order valence-electron chi connectivity index (χ0n) is 16.1. The Morgan fingerprint density at radius 3 is 2.90 bits per heavy atom. The van der Waals surface area contributed by atoms with Gasteiger partial charge in [0.2, 0.25) is 5.91 Å². The summed E-state index contributed by atoms with van der Waals surface area (Å²) in [5.74, 6) is 0.362. The van der Waals surface area contributed by atoms with Crippen LogP contribution in [0.2, 0.25) is 5.02 Å². The van der Waals surface area contributed by atoms with Gasteiger partial charge in [0.1, 0.15) is 6.04 Å². The van der Waals surface area contributed by atoms with Crippen molar-refractivity contribution in [3.8, 4) is 6.07 Å². The summed E-state index contributed by atoms with van der Waals surface area (Å²) in [5, 5.41) is 12.8. The Hall–Kier alpha value is -2.54. The van der Waals surface area contributed by atoms with Gasteiger partial charge in [-0.05, 0) is 18.2 Å². The van der Waals surface area contributed by atoms with Gasteiger partial charge in [-0.15, -0.1) is 11.8 Å². The third kappa shape index (κ3) is 4.03. The van der Waals surface area contributed by atoms with Gasteiger partial charge in [0.15, 0.2) is 0 Å². The van der Waals surface area contributed by atoms with Crippen LogP contribution in [0.25, 0.3) is 10.9 Å². The number of morpholine rings is 1. The normalized spacial score (nSPS) is 19.0. The minimum absolute atomic E-state index is 0.178. The Labute approximate surface area is 183 Å². The molecule has 0 spiro atoms. The molecule has 0 bridgehead atoms. The molecule has 1 N–H and O–H groups in total. The first-order valence-electron chi connectivity index (χ1n) is 9.55. The topological polar surface area (TPSA) is 98.6 Å². The van der Waals surface area contributed by atoms with Crippen molar-refractivity contribution in [1.82, 2.24) is 15.2 Å². The van der Waals surface area contributed by atoms with Gasteiger partial charge in [-0.3, -0.25) is 14.6 Å². The average molecular weight is 446 g/mol. The fourth-order valence-electron chi connectivity index (χ4n) is 3.58. The number of nitrogens with one attached hydrogen (secondary N) is 1. The van der Waals surface area contributed by atoms with Crippen molar-refractivity contribution in [2.24, 2.45) is 0 Å². The van der Waals surface area contributed by atoms with Crippen molar-refractivity contribution in [3.63, 3.8) is 0 Å². The van der Waals surface area contributed by atoms with Crippen molar-refractivity contribution >= 4 is 51.8 Å². The molecule has 1 aromatic carbocycles. The van der Waals surface area contributed by atoms with Crippen LogP contribution in [0.1, 0.15) is 10.4 Å². The highest BCUT2D eigenvalue weighted by Crippen LogP contribution is 2.35. The first-order chi connectivity index (χ1) is 14.6. The third-order valence-corrected chi connectivity index (χ3v) is 6.57. The standard InChI is InChI=1S/C20H20ClN5O3S/c21-19-16(25-5-7-29-8-6-25)2-1-15-18(19)14(3-4-23-15)20(28)24-10-17(27)26-12-30-11-13(26)9-22/h1-4,13H,5-8,10-12H2,(H,24,28)/t13-/m1/s1. The lowest BCUT2D eigenvalue weighted by Crippen LogP contribution is -2.42. The van der Waals surface area contributed by atoms with Gasteiger partial charge in [0, 0.05) is 30.4 Å². The highest BCUT2D eigenvalue weighted by atomic mass is 35.5. The smallest absolute Gasteiger partial charge is 0.252 e. The lowest BCUT2D eigenvalue weighted by Gasteiger charge is -2.30. The summed E-state index contributed by atoms with van der Waals surface area (Å²) in [6.45, 7) is 2.50. The SMILES string of the molecule is N#C[C@@H]1CSCN1C(=O)CNC(=O)c1ccnc2ccc(N3CCOCC3)c(Cl)c12. The number of benzene rings is 1. The summed E-state index contributed by atoms with van der Waals surface area (Å²) in [5.41, 5.74) is 1.80. The van der Waals surface area contributed by atoms with Gasteiger partial charge in [-0.25, -0.2) is 0 Å². The van der Waals surface area contributed by atoms with Crippen LogP contribution in [0, 0.1) is 11.3 Å². The average Bonchev–Trinajstić information content (AvgIpc) is 3.27. The number of nitriles is 1. The maximum Gasteiger partial charge on any atom is 0.252 e. The fraction of sp³-hybridized carbons (Fsp3) is 0.400. The quantitative estimate of drug-likeness (QED) is 0.767. The number of amides is 2. The van der Waals surface area contributed by atoms with Crippen LogP contribution in [-0.2, 0) is 9.53 Å². The Balaban J connectivity index is 1.56. The Morgan fingerprint density at radius 1 is 1.33 bits per heavy atom. The van der Waals surface area contributed by atoms with E-state index in [1.54, 1.807) is 12.3 Å². The number of hydrogen-bond acceptors (Lipinski definition) is 7. The molecule has 0 unspecified atom stereocenters. The van der Waals surface area contributed by atoms with Crippen LogP contribution >= 0.6 is 23.4 Å². The van der Waals surface area contributed by atoms with Crippen LogP contribution in [0.15, 0.2) is 24.4 Å². The number of carbonyl (C=O) groups excluding carboxylic acids is 2. The Morgan fingerprint density at radius 2 is 2.13 bits per heavy atom. The molecule has 30 heavy (non-hydrogen) atoms. The molecule has 0 aliphatic carbocycles. The van der Waals surface area contributed by atoms with Gasteiger partial charge in [0.25, 0.3) is 5.91 Å². The minimum Gasteiger partial charge on any atom is -0.378 e. The summed E-state index contributed by atoms with van der Waals surface area (Å²) >= 11 is 8.24. The number of thioether (sulfide) groups is 1. The number of pyridine rings is 1. The van der Waals surface area contributed by atoms with E-state index in [0.29, 0.717) is 46.3 Å². The third-order valence-electron chi connectivity index (χ3n) is 5.17. The number of halogens is 1. The number of rotatable bonds is 4. The van der Waals surface area contributed by atoms with Gasteiger partial charge in [0.05, 0.1) is 53.5 Å². The van der Waals surface area contributed by atoms with Crippen molar-refractivity contribution in [3.05, 3.63) is 35.0 Å². The number of carbonyl (C=O) groups is 2. The van der Waals surface area contributed by atoms with Gasteiger partial charge < -0.3 is 19.9 Å². The molecule has 2 saturated heterocycles. The number of anilines is 1. The zero-order valence-corrected chi connectivity index (χ0v) is 17.7. The molecular formula is C20H20ClN5O3S. The molecule has 4 rings (SSSR count). The highest BCUT2D eigenvalue weighted by molar-refractivity contribution is 7.99. The van der Waals surface area contributed by atoms with Crippen molar-refractivity contribution in [1.29, 1.82) is 5.26 Å². The number of fused-ring (bicyclic) bond motifs is 1. The molecular weight excluding hydrogens is 426 g/mol. The Kier molecular flexibility index (Phi) is 6.27. The molecule has 156 valence electrons. The highest BCUT2D eigenvalue weighted by Gasteiger charge is 2.29. The predicted molar refractivity (Wildman–Crippen MR) is 116 cm³/mol. The van der Waals surface area contributed by atoms with E-state index in [1.807, 2.05) is 12.1 Å². The molecule has 2 aromatic rings. The first kappa shape index (κ1) is 20.7. The summed E-state index contributed by atoms with van der Waals surface area (Å²) in [4.78, 5) is 33.3. The molecule has 2 aliphatic rings. The molecule has 2 aliphatic heterocycles. The van der Waals surface area contributed by atoms with E-state index in [4.69, 9.17) is 21.6 Å². The van der Waals surface area contributed by atoms with Crippen LogP contribution < -0.4 is 10.2 Å². The molecule has 1 aromatic heterocycles. The van der Waals surface area contributed by atoms with Crippen LogP contribution in [-0.4, -0.2) is 72.2 Å². The molecule has 10 heteroatoms. The maximum atomic E-state index is 12.9. The molecule has 8 nitrogen and oxygen atoms in total. The summed E-state index contributed by atoms with van der Waals surface area (Å²) in [7, 11) is 0. The van der Waals surface area contributed by atoms with Gasteiger partial charge >= 0.3 is 0 Å². The monoisotopic (exact) mass is 445 g/mol. The summed E-state index contributed by atoms with van der Waals surface area (Å²) < 4.78 is 5.40. The van der Waals surface area contributed by atoms with E-state index < -0.39 is 11.9 Å². The van der Waals surface area contributed by atoms with E-state index in [-0.39, 0.29) is 12.5 Å². The minimum atomic E-state index is -0.452. The van der Waals surface area contributed by atoms with Crippen LogP contribution in [0.5, 0.6) is 0 Å². The van der Waals surface area contributed by atoms with Crippen molar-refractivity contribution in [2.45, 2.75) is 6.04 Å². The lowest BCUT2D eigenvalue weighted by atomic mass is 10.1. The second-order valence-electron chi connectivity index (χ2n) is 6.94. The molecule has 2 amide bonds. The molecule has 0 saturated carbocycles. The van der Waals surface area contributed by atoms with Crippen molar-refractivity contribution < 1.29 is 14.3 Å². The summed E-state index contributed by atoms with van der Waals surface area (Å²) in [6, 6.07) is 7.01. The number of aromatic nitrogens is 1. The molecule has 3 heterocycles. The predicted octanol–water partition coefficient (Wildman–Crippen LogP) is 1.88. The maximum absolute atomic E-state index is 12.9. The molecule has 1 atom stereocenters. The molecule has 0 radical (unpaired) electrons. The zero-order chi connectivity index (χ0) is 21.1. The fourth-order valence-corrected chi connectivity index (χ4v) is 5.06. The number of nitrogens with zero attached hydrogens (tertiary/aromatic N) is 4. The van der Waals surface area contributed by atoms with Gasteiger partial charge in [-0.2, -0.15) is 5.26 Å². The summed E-state index contributed by atoms with van der Waals surface area (Å²) in [6.07, 6.45) is 1.55. The van der Waals surface area contributed by atoms with Crippen LogP contribution in [0.4, 0.5) is 5.69 Å². The van der Waals surface area contributed by atoms with E-state index in [9.17, 15) is 9.59 Å².